The van der Waals surface area contributed by atoms with Gasteiger partial charge in [-0.3, -0.25) is 0 Å². The highest BCUT2D eigenvalue weighted by Crippen LogP contribution is 2.38. The fourth-order valence-electron chi connectivity index (χ4n) is 3.73. The van der Waals surface area contributed by atoms with Gasteiger partial charge in [0.2, 0.25) is 5.89 Å². The molecule has 2 heterocycles. The summed E-state index contributed by atoms with van der Waals surface area (Å²) in [6.45, 7) is 3.17. The molecule has 1 aromatic carbocycles. The van der Waals surface area contributed by atoms with Crippen molar-refractivity contribution in [1.82, 2.24) is 10.1 Å². The van der Waals surface area contributed by atoms with E-state index in [4.69, 9.17) is 9.51 Å². The van der Waals surface area contributed by atoms with E-state index >= 15 is 0 Å². The predicted octanol–water partition coefficient (Wildman–Crippen LogP) is 3.92. The maximum Gasteiger partial charge on any atom is 0.236 e. The smallest absolute Gasteiger partial charge is 0.236 e. The number of hydrogen-bond acceptors (Lipinski definition) is 4. The summed E-state index contributed by atoms with van der Waals surface area (Å²) in [7, 11) is 0. The minimum absolute atomic E-state index is 0.198. The van der Waals surface area contributed by atoms with E-state index in [0.717, 1.165) is 24.2 Å². The lowest BCUT2D eigenvalue weighted by atomic mass is 9.82. The molecule has 0 spiro atoms. The van der Waals surface area contributed by atoms with Gasteiger partial charge in [0.1, 0.15) is 0 Å². The third kappa shape index (κ3) is 2.33. The molecule has 1 aromatic heterocycles. The second-order valence-corrected chi connectivity index (χ2v) is 6.48. The highest BCUT2D eigenvalue weighted by atomic mass is 16.5. The molecule has 0 saturated heterocycles. The molecule has 2 aromatic rings. The summed E-state index contributed by atoms with van der Waals surface area (Å²) in [5, 5.41) is 7.69. The number of hydrogen-bond donors (Lipinski definition) is 1. The van der Waals surface area contributed by atoms with Crippen LogP contribution in [0, 0.1) is 5.92 Å². The van der Waals surface area contributed by atoms with E-state index in [1.165, 1.54) is 36.9 Å². The molecule has 1 aliphatic carbocycles. The predicted molar refractivity (Wildman–Crippen MR) is 81.4 cm³/mol. The van der Waals surface area contributed by atoms with Crippen LogP contribution in [0.15, 0.2) is 28.8 Å². The fraction of sp³-hybridized carbons (Fsp3) is 0.529. The molecule has 4 heteroatoms. The van der Waals surface area contributed by atoms with Gasteiger partial charge in [0.25, 0.3) is 0 Å². The van der Waals surface area contributed by atoms with Crippen molar-refractivity contribution in [3.8, 4) is 0 Å². The lowest BCUT2D eigenvalue weighted by Gasteiger charge is -2.23. The number of rotatable bonds is 2. The Bertz CT molecular complexity index is 636. The van der Waals surface area contributed by atoms with Crippen molar-refractivity contribution >= 4 is 5.69 Å². The summed E-state index contributed by atoms with van der Waals surface area (Å²) in [6.07, 6.45) is 5.01. The van der Waals surface area contributed by atoms with E-state index in [0.29, 0.717) is 5.92 Å². The molecule has 21 heavy (non-hydrogen) atoms. The maximum absolute atomic E-state index is 5.59. The molecule has 1 aliphatic heterocycles. The van der Waals surface area contributed by atoms with Crippen LogP contribution < -0.4 is 5.32 Å². The number of anilines is 1. The first-order valence-corrected chi connectivity index (χ1v) is 7.97. The Labute approximate surface area is 124 Å². The van der Waals surface area contributed by atoms with Crippen LogP contribution in [0.4, 0.5) is 5.69 Å². The number of para-hydroxylation sites is 1. The van der Waals surface area contributed by atoms with Gasteiger partial charge in [0.15, 0.2) is 5.82 Å². The zero-order chi connectivity index (χ0) is 14.2. The lowest BCUT2D eigenvalue weighted by Crippen LogP contribution is -2.13. The molecule has 2 aliphatic rings. The number of nitrogens with zero attached hydrogens (tertiary/aromatic N) is 2. The molecule has 1 N–H and O–H groups in total. The molecule has 0 bridgehead atoms. The molecule has 1 fully saturated rings. The summed E-state index contributed by atoms with van der Waals surface area (Å²) in [5.41, 5.74) is 2.46. The molecule has 3 unspecified atom stereocenters. The summed E-state index contributed by atoms with van der Waals surface area (Å²) >= 11 is 0. The minimum atomic E-state index is 0.198. The van der Waals surface area contributed by atoms with Gasteiger partial charge in [0.05, 0.1) is 5.92 Å². The number of fused-ring (bicyclic) bond motifs is 1. The van der Waals surface area contributed by atoms with E-state index in [-0.39, 0.29) is 5.92 Å². The van der Waals surface area contributed by atoms with Crippen molar-refractivity contribution in [3.05, 3.63) is 41.5 Å². The first-order chi connectivity index (χ1) is 10.3. The first kappa shape index (κ1) is 12.9. The number of benzene rings is 1. The molecule has 110 valence electrons. The molecule has 4 rings (SSSR count). The minimum Gasteiger partial charge on any atom is -0.384 e. The largest absolute Gasteiger partial charge is 0.384 e. The van der Waals surface area contributed by atoms with Gasteiger partial charge in [0, 0.05) is 18.2 Å². The Balaban J connectivity index is 1.58. The van der Waals surface area contributed by atoms with Crippen molar-refractivity contribution in [1.29, 1.82) is 0 Å². The Kier molecular flexibility index (Phi) is 3.17. The highest BCUT2D eigenvalue weighted by molar-refractivity contribution is 5.59. The lowest BCUT2D eigenvalue weighted by molar-refractivity contribution is 0.318. The van der Waals surface area contributed by atoms with Crippen LogP contribution in [-0.4, -0.2) is 16.7 Å². The molecule has 0 radical (unpaired) electrons. The highest BCUT2D eigenvalue weighted by Gasteiger charge is 2.30. The molecule has 3 atom stereocenters. The van der Waals surface area contributed by atoms with Crippen LogP contribution in [0.3, 0.4) is 0 Å². The third-order valence-electron chi connectivity index (χ3n) is 4.89. The molecule has 0 amide bonds. The van der Waals surface area contributed by atoms with E-state index in [1.54, 1.807) is 0 Å². The zero-order valence-corrected chi connectivity index (χ0v) is 12.4. The second-order valence-electron chi connectivity index (χ2n) is 6.48. The average Bonchev–Trinajstić information content (AvgIpc) is 3.14. The van der Waals surface area contributed by atoms with Crippen molar-refractivity contribution in [2.75, 3.05) is 11.9 Å². The van der Waals surface area contributed by atoms with Crippen LogP contribution in [-0.2, 0) is 0 Å². The van der Waals surface area contributed by atoms with Crippen molar-refractivity contribution in [3.63, 3.8) is 0 Å². The molecular formula is C17H21N3O. The quantitative estimate of drug-likeness (QED) is 0.907. The van der Waals surface area contributed by atoms with Gasteiger partial charge in [-0.25, -0.2) is 0 Å². The van der Waals surface area contributed by atoms with Crippen LogP contribution in [0.2, 0.25) is 0 Å². The van der Waals surface area contributed by atoms with Crippen LogP contribution in [0.5, 0.6) is 0 Å². The standard InChI is InChI=1S/C17H21N3O/c1-11-5-4-6-12(9-11)16-19-17(21-20-16)14-10-18-15-8-3-2-7-13(14)15/h2-3,7-8,11-12,14,18H,4-6,9-10H2,1H3. The van der Waals surface area contributed by atoms with Crippen LogP contribution in [0.1, 0.15) is 61.7 Å². The van der Waals surface area contributed by atoms with E-state index < -0.39 is 0 Å². The SMILES string of the molecule is CC1CCCC(c2noc(C3CNc4ccccc43)n2)C1. The second kappa shape index (κ2) is 5.17. The average molecular weight is 283 g/mol. The Morgan fingerprint density at radius 1 is 1.24 bits per heavy atom. The van der Waals surface area contributed by atoms with Gasteiger partial charge < -0.3 is 9.84 Å². The van der Waals surface area contributed by atoms with Gasteiger partial charge in [-0.2, -0.15) is 4.98 Å². The third-order valence-corrected chi connectivity index (χ3v) is 4.89. The van der Waals surface area contributed by atoms with Crippen LogP contribution in [0.25, 0.3) is 0 Å². The Morgan fingerprint density at radius 2 is 2.14 bits per heavy atom. The van der Waals surface area contributed by atoms with Crippen molar-refractivity contribution in [2.45, 2.75) is 44.4 Å². The van der Waals surface area contributed by atoms with Crippen LogP contribution >= 0.6 is 0 Å². The summed E-state index contributed by atoms with van der Waals surface area (Å²) in [5.74, 6) is 3.14. The molecule has 4 nitrogen and oxygen atoms in total. The van der Waals surface area contributed by atoms with Crippen molar-refractivity contribution in [2.24, 2.45) is 5.92 Å². The maximum atomic E-state index is 5.59. The van der Waals surface area contributed by atoms with Gasteiger partial charge in [-0.15, -0.1) is 0 Å². The monoisotopic (exact) mass is 283 g/mol. The summed E-state index contributed by atoms with van der Waals surface area (Å²) in [4.78, 5) is 4.73. The normalized spacial score (nSPS) is 28.1. The van der Waals surface area contributed by atoms with Crippen molar-refractivity contribution < 1.29 is 4.52 Å². The molecule has 1 saturated carbocycles. The Hall–Kier alpha value is -1.84. The van der Waals surface area contributed by atoms with E-state index in [9.17, 15) is 0 Å². The number of nitrogens with one attached hydrogen (secondary N) is 1. The topological polar surface area (TPSA) is 51.0 Å². The fourth-order valence-corrected chi connectivity index (χ4v) is 3.73. The van der Waals surface area contributed by atoms with Gasteiger partial charge in [-0.05, 0) is 30.4 Å². The zero-order valence-electron chi connectivity index (χ0n) is 12.4. The van der Waals surface area contributed by atoms with Gasteiger partial charge in [-0.1, -0.05) is 43.1 Å². The summed E-state index contributed by atoms with van der Waals surface area (Å²) in [6, 6.07) is 8.37. The summed E-state index contributed by atoms with van der Waals surface area (Å²) < 4.78 is 5.59. The van der Waals surface area contributed by atoms with E-state index in [2.05, 4.69) is 41.7 Å². The Morgan fingerprint density at radius 3 is 3.05 bits per heavy atom. The molecular weight excluding hydrogens is 262 g/mol. The number of aromatic nitrogens is 2. The van der Waals surface area contributed by atoms with E-state index in [1.807, 2.05) is 0 Å². The first-order valence-electron chi connectivity index (χ1n) is 7.97. The van der Waals surface area contributed by atoms with Gasteiger partial charge >= 0.3 is 0 Å².